The first kappa shape index (κ1) is 12.4. The van der Waals surface area contributed by atoms with Crippen LogP contribution in [-0.4, -0.2) is 37.0 Å². The first-order valence-electron chi connectivity index (χ1n) is 5.91. The molecule has 1 aromatic carbocycles. The predicted octanol–water partition coefficient (Wildman–Crippen LogP) is 1.00. The number of methoxy groups -OCH3 is 1. The molecule has 96 valence electrons. The number of carbonyl (C=O) groups excluding carboxylic acids is 2. The van der Waals surface area contributed by atoms with E-state index in [9.17, 15) is 9.59 Å². The number of benzene rings is 1. The third-order valence-corrected chi connectivity index (χ3v) is 3.11. The summed E-state index contributed by atoms with van der Waals surface area (Å²) in [6.45, 7) is 0.677. The summed E-state index contributed by atoms with van der Waals surface area (Å²) in [5.41, 5.74) is 0.607. The van der Waals surface area contributed by atoms with Gasteiger partial charge in [-0.05, 0) is 37.1 Å². The van der Waals surface area contributed by atoms with Crippen molar-refractivity contribution in [3.05, 3.63) is 29.8 Å². The van der Waals surface area contributed by atoms with E-state index in [1.54, 1.807) is 36.3 Å². The highest BCUT2D eigenvalue weighted by Crippen LogP contribution is 2.19. The van der Waals surface area contributed by atoms with Crippen LogP contribution in [0.4, 0.5) is 0 Å². The Morgan fingerprint density at radius 2 is 2.17 bits per heavy atom. The predicted molar refractivity (Wildman–Crippen MR) is 66.3 cm³/mol. The number of likely N-dealkylation sites (tertiary alicyclic amines) is 1. The summed E-state index contributed by atoms with van der Waals surface area (Å²) in [7, 11) is 1.58. The zero-order valence-corrected chi connectivity index (χ0v) is 10.3. The van der Waals surface area contributed by atoms with Gasteiger partial charge in [0.15, 0.2) is 0 Å². The molecule has 0 aliphatic carbocycles. The maximum atomic E-state index is 12.3. The Morgan fingerprint density at radius 3 is 2.78 bits per heavy atom. The fourth-order valence-electron chi connectivity index (χ4n) is 2.16. The SMILES string of the molecule is COc1ccc(C(=O)N2CCCC2NC=O)cc1. The van der Waals surface area contributed by atoms with Gasteiger partial charge in [0.25, 0.3) is 5.91 Å². The van der Waals surface area contributed by atoms with Gasteiger partial charge in [-0.2, -0.15) is 0 Å². The average molecular weight is 248 g/mol. The number of nitrogens with zero attached hydrogens (tertiary/aromatic N) is 1. The topological polar surface area (TPSA) is 58.6 Å². The van der Waals surface area contributed by atoms with Crippen molar-refractivity contribution in [2.45, 2.75) is 19.0 Å². The third-order valence-electron chi connectivity index (χ3n) is 3.11. The Bertz CT molecular complexity index is 430. The van der Waals surface area contributed by atoms with Crippen LogP contribution in [0.3, 0.4) is 0 Å². The van der Waals surface area contributed by atoms with Crippen molar-refractivity contribution >= 4 is 12.3 Å². The molecular weight excluding hydrogens is 232 g/mol. The van der Waals surface area contributed by atoms with E-state index in [0.717, 1.165) is 18.6 Å². The van der Waals surface area contributed by atoms with Crippen molar-refractivity contribution in [1.29, 1.82) is 0 Å². The van der Waals surface area contributed by atoms with E-state index in [1.807, 2.05) is 0 Å². The minimum atomic E-state index is -0.183. The summed E-state index contributed by atoms with van der Waals surface area (Å²) < 4.78 is 5.05. The van der Waals surface area contributed by atoms with Gasteiger partial charge in [-0.15, -0.1) is 0 Å². The molecule has 0 aromatic heterocycles. The molecule has 2 rings (SSSR count). The van der Waals surface area contributed by atoms with Gasteiger partial charge < -0.3 is 15.0 Å². The number of hydrogen-bond acceptors (Lipinski definition) is 3. The van der Waals surface area contributed by atoms with E-state index >= 15 is 0 Å². The molecular formula is C13H16N2O3. The zero-order chi connectivity index (χ0) is 13.0. The van der Waals surface area contributed by atoms with Gasteiger partial charge in [0.2, 0.25) is 6.41 Å². The molecule has 1 aromatic rings. The number of rotatable bonds is 4. The Balaban J connectivity index is 2.11. The third kappa shape index (κ3) is 2.45. The fraction of sp³-hybridized carbons (Fsp3) is 0.385. The van der Waals surface area contributed by atoms with Crippen molar-refractivity contribution in [2.75, 3.05) is 13.7 Å². The molecule has 2 amide bonds. The van der Waals surface area contributed by atoms with Crippen LogP contribution in [0.25, 0.3) is 0 Å². The lowest BCUT2D eigenvalue weighted by atomic mass is 10.2. The van der Waals surface area contributed by atoms with Gasteiger partial charge >= 0.3 is 0 Å². The Labute approximate surface area is 106 Å². The maximum absolute atomic E-state index is 12.3. The Kier molecular flexibility index (Phi) is 3.82. The molecule has 5 heteroatoms. The average Bonchev–Trinajstić information content (AvgIpc) is 2.87. The monoisotopic (exact) mass is 248 g/mol. The van der Waals surface area contributed by atoms with E-state index < -0.39 is 0 Å². The van der Waals surface area contributed by atoms with Crippen molar-refractivity contribution in [1.82, 2.24) is 10.2 Å². The van der Waals surface area contributed by atoms with Crippen LogP contribution in [0.15, 0.2) is 24.3 Å². The van der Waals surface area contributed by atoms with Gasteiger partial charge in [0, 0.05) is 12.1 Å². The van der Waals surface area contributed by atoms with E-state index in [-0.39, 0.29) is 12.1 Å². The minimum Gasteiger partial charge on any atom is -0.497 e. The molecule has 1 heterocycles. The van der Waals surface area contributed by atoms with Gasteiger partial charge in [0.1, 0.15) is 11.9 Å². The smallest absolute Gasteiger partial charge is 0.255 e. The van der Waals surface area contributed by atoms with E-state index in [4.69, 9.17) is 4.74 Å². The molecule has 5 nitrogen and oxygen atoms in total. The van der Waals surface area contributed by atoms with Crippen molar-refractivity contribution < 1.29 is 14.3 Å². The summed E-state index contributed by atoms with van der Waals surface area (Å²) in [5.74, 6) is 0.657. The Morgan fingerprint density at radius 1 is 1.44 bits per heavy atom. The summed E-state index contributed by atoms with van der Waals surface area (Å²) in [4.78, 5) is 24.4. The molecule has 0 spiro atoms. The highest BCUT2D eigenvalue weighted by atomic mass is 16.5. The van der Waals surface area contributed by atoms with Crippen LogP contribution in [-0.2, 0) is 4.79 Å². The molecule has 1 saturated heterocycles. The molecule has 0 radical (unpaired) electrons. The summed E-state index contributed by atoms with van der Waals surface area (Å²) >= 11 is 0. The highest BCUT2D eigenvalue weighted by Gasteiger charge is 2.28. The maximum Gasteiger partial charge on any atom is 0.255 e. The number of ether oxygens (including phenoxy) is 1. The second-order valence-corrected chi connectivity index (χ2v) is 4.17. The van der Waals surface area contributed by atoms with Gasteiger partial charge in [-0.3, -0.25) is 9.59 Å². The van der Waals surface area contributed by atoms with Crippen LogP contribution >= 0.6 is 0 Å². The second-order valence-electron chi connectivity index (χ2n) is 4.17. The van der Waals surface area contributed by atoms with Crippen LogP contribution in [0, 0.1) is 0 Å². The molecule has 1 atom stereocenters. The first-order valence-corrected chi connectivity index (χ1v) is 5.91. The second kappa shape index (κ2) is 5.53. The van der Waals surface area contributed by atoms with Gasteiger partial charge in [0.05, 0.1) is 7.11 Å². The standard InChI is InChI=1S/C13H16N2O3/c1-18-11-6-4-10(5-7-11)13(17)15-8-2-3-12(15)14-9-16/h4-7,9,12H,2-3,8H2,1H3,(H,14,16). The molecule has 1 aliphatic heterocycles. The lowest BCUT2D eigenvalue weighted by molar-refractivity contribution is -0.110. The largest absolute Gasteiger partial charge is 0.497 e. The lowest BCUT2D eigenvalue weighted by Crippen LogP contribution is -2.44. The number of amides is 2. The van der Waals surface area contributed by atoms with Gasteiger partial charge in [-0.25, -0.2) is 0 Å². The van der Waals surface area contributed by atoms with Crippen molar-refractivity contribution in [2.24, 2.45) is 0 Å². The molecule has 0 bridgehead atoms. The minimum absolute atomic E-state index is 0.0606. The molecule has 1 unspecified atom stereocenters. The first-order chi connectivity index (χ1) is 8.76. The number of carbonyl (C=O) groups is 2. The molecule has 18 heavy (non-hydrogen) atoms. The summed E-state index contributed by atoms with van der Waals surface area (Å²) in [6, 6.07) is 6.98. The zero-order valence-electron chi connectivity index (χ0n) is 10.3. The Hall–Kier alpha value is -2.04. The summed E-state index contributed by atoms with van der Waals surface area (Å²) in [5, 5.41) is 2.67. The number of hydrogen-bond donors (Lipinski definition) is 1. The number of nitrogens with one attached hydrogen (secondary N) is 1. The molecule has 1 N–H and O–H groups in total. The van der Waals surface area contributed by atoms with E-state index in [0.29, 0.717) is 18.5 Å². The fourth-order valence-corrected chi connectivity index (χ4v) is 2.16. The van der Waals surface area contributed by atoms with Crippen LogP contribution in [0.1, 0.15) is 23.2 Å². The molecule has 1 aliphatic rings. The lowest BCUT2D eigenvalue weighted by Gasteiger charge is -2.24. The van der Waals surface area contributed by atoms with Crippen LogP contribution in [0.5, 0.6) is 5.75 Å². The van der Waals surface area contributed by atoms with Gasteiger partial charge in [-0.1, -0.05) is 0 Å². The van der Waals surface area contributed by atoms with E-state index in [1.165, 1.54) is 0 Å². The normalized spacial score (nSPS) is 18.5. The molecule has 1 fully saturated rings. The van der Waals surface area contributed by atoms with Crippen molar-refractivity contribution in [3.8, 4) is 5.75 Å². The summed E-state index contributed by atoms with van der Waals surface area (Å²) in [6.07, 6.45) is 2.18. The van der Waals surface area contributed by atoms with Crippen LogP contribution < -0.4 is 10.1 Å². The van der Waals surface area contributed by atoms with E-state index in [2.05, 4.69) is 5.32 Å². The quantitative estimate of drug-likeness (QED) is 0.809. The van der Waals surface area contributed by atoms with Crippen LogP contribution in [0.2, 0.25) is 0 Å². The highest BCUT2D eigenvalue weighted by molar-refractivity contribution is 5.94. The molecule has 0 saturated carbocycles. The van der Waals surface area contributed by atoms with Crippen molar-refractivity contribution in [3.63, 3.8) is 0 Å².